The Labute approximate surface area is 91.1 Å². The van der Waals surface area contributed by atoms with Crippen LogP contribution in [0.25, 0.3) is 0 Å². The van der Waals surface area contributed by atoms with Crippen molar-refractivity contribution in [3.8, 4) is 0 Å². The highest BCUT2D eigenvalue weighted by molar-refractivity contribution is 5.18. The lowest BCUT2D eigenvalue weighted by molar-refractivity contribution is -0.0984. The molecule has 84 valence electrons. The minimum Gasteiger partial charge on any atom is -0.385 e. The molecular formula is C12H19NO2. The van der Waals surface area contributed by atoms with Crippen molar-refractivity contribution >= 4 is 0 Å². The molecule has 1 unspecified atom stereocenters. The molecule has 0 fully saturated rings. The van der Waals surface area contributed by atoms with Crippen LogP contribution in [-0.4, -0.2) is 22.3 Å². The Hall–Kier alpha value is -0.930. The summed E-state index contributed by atoms with van der Waals surface area (Å²) in [6, 6.07) is 3.77. The van der Waals surface area contributed by atoms with Crippen LogP contribution in [0.2, 0.25) is 0 Å². The minimum atomic E-state index is -0.648. The van der Waals surface area contributed by atoms with Crippen molar-refractivity contribution in [3.05, 3.63) is 29.6 Å². The van der Waals surface area contributed by atoms with Crippen LogP contribution in [0.1, 0.15) is 38.1 Å². The summed E-state index contributed by atoms with van der Waals surface area (Å²) in [6.45, 7) is 8.18. The molecule has 1 rings (SSSR count). The molecule has 1 N–H and O–H groups in total. The summed E-state index contributed by atoms with van der Waals surface area (Å²) in [5.74, 6) is 0. The Morgan fingerprint density at radius 2 is 2.13 bits per heavy atom. The zero-order valence-corrected chi connectivity index (χ0v) is 9.82. The molecule has 0 bridgehead atoms. The van der Waals surface area contributed by atoms with E-state index >= 15 is 0 Å². The fourth-order valence-electron chi connectivity index (χ4n) is 1.49. The van der Waals surface area contributed by atoms with Gasteiger partial charge in [-0.3, -0.25) is 4.98 Å². The van der Waals surface area contributed by atoms with E-state index in [1.165, 1.54) is 0 Å². The lowest BCUT2D eigenvalue weighted by Gasteiger charge is -2.30. The lowest BCUT2D eigenvalue weighted by Crippen LogP contribution is -2.32. The summed E-state index contributed by atoms with van der Waals surface area (Å²) < 4.78 is 5.50. The highest BCUT2D eigenvalue weighted by Gasteiger charge is 2.29. The molecule has 0 amide bonds. The monoisotopic (exact) mass is 209 g/mol. The minimum absolute atomic E-state index is 0.578. The molecule has 0 aliphatic heterocycles. The number of hydrogen-bond donors (Lipinski definition) is 1. The molecule has 0 aliphatic rings. The van der Waals surface area contributed by atoms with Crippen molar-refractivity contribution < 1.29 is 9.84 Å². The summed E-state index contributed by atoms with van der Waals surface area (Å²) in [7, 11) is 0. The SMILES string of the molecule is CCOC(C)(C)C(O)c1ccc(C)nc1. The van der Waals surface area contributed by atoms with E-state index in [-0.39, 0.29) is 0 Å². The van der Waals surface area contributed by atoms with E-state index in [9.17, 15) is 5.11 Å². The van der Waals surface area contributed by atoms with Crippen LogP contribution < -0.4 is 0 Å². The Bertz CT molecular complexity index is 306. The zero-order chi connectivity index (χ0) is 11.5. The Balaban J connectivity index is 2.84. The summed E-state index contributed by atoms with van der Waals surface area (Å²) >= 11 is 0. The highest BCUT2D eigenvalue weighted by Crippen LogP contribution is 2.28. The molecule has 1 aromatic rings. The molecule has 0 aliphatic carbocycles. The quantitative estimate of drug-likeness (QED) is 0.827. The van der Waals surface area contributed by atoms with Crippen LogP contribution in [-0.2, 0) is 4.74 Å². The maximum Gasteiger partial charge on any atom is 0.109 e. The summed E-state index contributed by atoms with van der Waals surface area (Å²) in [6.07, 6.45) is 1.05. The first kappa shape index (κ1) is 12.1. The fraction of sp³-hybridized carbons (Fsp3) is 0.583. The Kier molecular flexibility index (Phi) is 3.83. The Morgan fingerprint density at radius 1 is 1.47 bits per heavy atom. The van der Waals surface area contributed by atoms with Gasteiger partial charge < -0.3 is 9.84 Å². The van der Waals surface area contributed by atoms with Crippen LogP contribution in [0.3, 0.4) is 0 Å². The van der Waals surface area contributed by atoms with Crippen LogP contribution >= 0.6 is 0 Å². The van der Waals surface area contributed by atoms with Gasteiger partial charge in [0.2, 0.25) is 0 Å². The number of hydrogen-bond acceptors (Lipinski definition) is 3. The normalized spacial score (nSPS) is 13.9. The predicted molar refractivity (Wildman–Crippen MR) is 59.6 cm³/mol. The van der Waals surface area contributed by atoms with Gasteiger partial charge in [-0.25, -0.2) is 0 Å². The third-order valence-corrected chi connectivity index (χ3v) is 2.42. The van der Waals surface area contributed by atoms with Gasteiger partial charge in [0.05, 0.1) is 5.60 Å². The number of nitrogens with zero attached hydrogens (tertiary/aromatic N) is 1. The molecule has 1 atom stereocenters. The average molecular weight is 209 g/mol. The Morgan fingerprint density at radius 3 is 2.60 bits per heavy atom. The van der Waals surface area contributed by atoms with Crippen molar-refractivity contribution in [1.29, 1.82) is 0 Å². The summed E-state index contributed by atoms with van der Waals surface area (Å²) in [4.78, 5) is 4.16. The lowest BCUT2D eigenvalue weighted by atomic mass is 9.95. The van der Waals surface area contributed by atoms with Gasteiger partial charge in [0.1, 0.15) is 6.10 Å². The molecule has 3 nitrogen and oxygen atoms in total. The molecule has 0 saturated carbocycles. The number of aliphatic hydroxyl groups is 1. The third-order valence-electron chi connectivity index (χ3n) is 2.42. The van der Waals surface area contributed by atoms with E-state index in [1.54, 1.807) is 6.20 Å². The van der Waals surface area contributed by atoms with E-state index in [0.717, 1.165) is 11.3 Å². The van der Waals surface area contributed by atoms with E-state index in [4.69, 9.17) is 4.74 Å². The van der Waals surface area contributed by atoms with Crippen molar-refractivity contribution in [2.45, 2.75) is 39.4 Å². The fourth-order valence-corrected chi connectivity index (χ4v) is 1.49. The smallest absolute Gasteiger partial charge is 0.109 e. The van der Waals surface area contributed by atoms with Gasteiger partial charge in [-0.1, -0.05) is 6.07 Å². The maximum absolute atomic E-state index is 10.1. The second-order valence-corrected chi connectivity index (χ2v) is 4.17. The molecule has 3 heteroatoms. The van der Waals surface area contributed by atoms with E-state index in [2.05, 4.69) is 4.98 Å². The van der Waals surface area contributed by atoms with E-state index in [1.807, 2.05) is 39.8 Å². The van der Waals surface area contributed by atoms with E-state index < -0.39 is 11.7 Å². The predicted octanol–water partition coefficient (Wildman–Crippen LogP) is 2.24. The number of aliphatic hydroxyl groups excluding tert-OH is 1. The number of aryl methyl sites for hydroxylation is 1. The van der Waals surface area contributed by atoms with Gasteiger partial charge in [0, 0.05) is 24.1 Å². The van der Waals surface area contributed by atoms with Gasteiger partial charge in [-0.15, -0.1) is 0 Å². The largest absolute Gasteiger partial charge is 0.385 e. The highest BCUT2D eigenvalue weighted by atomic mass is 16.5. The molecule has 0 spiro atoms. The maximum atomic E-state index is 10.1. The molecule has 0 aromatic carbocycles. The van der Waals surface area contributed by atoms with Crippen molar-refractivity contribution in [2.75, 3.05) is 6.61 Å². The van der Waals surface area contributed by atoms with Crippen molar-refractivity contribution in [2.24, 2.45) is 0 Å². The number of pyridine rings is 1. The van der Waals surface area contributed by atoms with Crippen LogP contribution in [0, 0.1) is 6.92 Å². The number of aromatic nitrogens is 1. The van der Waals surface area contributed by atoms with Crippen LogP contribution in [0.15, 0.2) is 18.3 Å². The zero-order valence-electron chi connectivity index (χ0n) is 9.82. The van der Waals surface area contributed by atoms with Gasteiger partial charge in [-0.2, -0.15) is 0 Å². The first-order chi connectivity index (χ1) is 6.97. The van der Waals surface area contributed by atoms with Crippen molar-refractivity contribution in [3.63, 3.8) is 0 Å². The topological polar surface area (TPSA) is 42.4 Å². The van der Waals surface area contributed by atoms with Gasteiger partial charge in [0.25, 0.3) is 0 Å². The second-order valence-electron chi connectivity index (χ2n) is 4.17. The first-order valence-electron chi connectivity index (χ1n) is 5.22. The molecule has 1 heterocycles. The summed E-state index contributed by atoms with van der Waals surface area (Å²) in [5, 5.41) is 10.1. The van der Waals surface area contributed by atoms with Crippen LogP contribution in [0.5, 0.6) is 0 Å². The molecule has 1 aromatic heterocycles. The molecule has 15 heavy (non-hydrogen) atoms. The van der Waals surface area contributed by atoms with Gasteiger partial charge >= 0.3 is 0 Å². The number of rotatable bonds is 4. The van der Waals surface area contributed by atoms with Gasteiger partial charge in [0.15, 0.2) is 0 Å². The average Bonchev–Trinajstić information content (AvgIpc) is 2.18. The third kappa shape index (κ3) is 3.01. The second kappa shape index (κ2) is 4.73. The van der Waals surface area contributed by atoms with Crippen molar-refractivity contribution in [1.82, 2.24) is 4.98 Å². The van der Waals surface area contributed by atoms with E-state index in [0.29, 0.717) is 6.61 Å². The first-order valence-corrected chi connectivity index (χ1v) is 5.22. The molecular weight excluding hydrogens is 190 g/mol. The molecule has 0 saturated heterocycles. The number of ether oxygens (including phenoxy) is 1. The standard InChI is InChI=1S/C12H19NO2/c1-5-15-12(3,4)11(14)10-7-6-9(2)13-8-10/h6-8,11,14H,5H2,1-4H3. The summed E-state index contributed by atoms with van der Waals surface area (Å²) in [5.41, 5.74) is 1.16. The van der Waals surface area contributed by atoms with Crippen LogP contribution in [0.4, 0.5) is 0 Å². The molecule has 0 radical (unpaired) electrons. The van der Waals surface area contributed by atoms with Gasteiger partial charge in [-0.05, 0) is 33.8 Å².